The summed E-state index contributed by atoms with van der Waals surface area (Å²) in [5, 5.41) is 0. The SMILES string of the molecule is CCc1ccc(CC(Cc2ccc(CC)cn2)=C(Cc2ccc(CC)cn2)NN)nc1. The van der Waals surface area contributed by atoms with Crippen LogP contribution in [0.25, 0.3) is 0 Å². The summed E-state index contributed by atoms with van der Waals surface area (Å²) in [7, 11) is 0. The summed E-state index contributed by atoms with van der Waals surface area (Å²) in [5.74, 6) is 6.00. The second kappa shape index (κ2) is 11.4. The van der Waals surface area contributed by atoms with Gasteiger partial charge in [0.15, 0.2) is 0 Å². The smallest absolute Gasteiger partial charge is 0.0462 e. The van der Waals surface area contributed by atoms with E-state index < -0.39 is 0 Å². The highest BCUT2D eigenvalue weighted by molar-refractivity contribution is 5.29. The van der Waals surface area contributed by atoms with Gasteiger partial charge < -0.3 is 5.43 Å². The van der Waals surface area contributed by atoms with Gasteiger partial charge in [0, 0.05) is 60.6 Å². The molecule has 0 bridgehead atoms. The van der Waals surface area contributed by atoms with Gasteiger partial charge in [-0.25, -0.2) is 0 Å². The molecule has 0 aliphatic carbocycles. The second-order valence-corrected chi connectivity index (χ2v) is 7.79. The molecule has 0 aromatic carbocycles. The van der Waals surface area contributed by atoms with Crippen molar-refractivity contribution in [3.05, 3.63) is 100 Å². The minimum absolute atomic E-state index is 0.649. The fraction of sp³-hybridized carbons (Fsp3) is 0.346. The van der Waals surface area contributed by atoms with Crippen LogP contribution in [-0.4, -0.2) is 15.0 Å². The van der Waals surface area contributed by atoms with Gasteiger partial charge in [-0.15, -0.1) is 0 Å². The van der Waals surface area contributed by atoms with Gasteiger partial charge in [0.1, 0.15) is 0 Å². The maximum Gasteiger partial charge on any atom is 0.0462 e. The van der Waals surface area contributed by atoms with Crippen molar-refractivity contribution in [3.8, 4) is 0 Å². The van der Waals surface area contributed by atoms with Crippen molar-refractivity contribution in [2.75, 3.05) is 0 Å². The number of aromatic nitrogens is 3. The molecule has 0 aliphatic heterocycles. The molecule has 0 spiro atoms. The van der Waals surface area contributed by atoms with Gasteiger partial charge in [-0.1, -0.05) is 39.0 Å². The molecular formula is C26H33N5. The summed E-state index contributed by atoms with van der Waals surface area (Å²) in [6, 6.07) is 12.7. The quantitative estimate of drug-likeness (QED) is 0.381. The lowest BCUT2D eigenvalue weighted by molar-refractivity contribution is 0.777. The Balaban J connectivity index is 1.90. The van der Waals surface area contributed by atoms with E-state index in [0.29, 0.717) is 19.3 Å². The number of hydrogen-bond acceptors (Lipinski definition) is 5. The van der Waals surface area contributed by atoms with Gasteiger partial charge in [0.25, 0.3) is 0 Å². The average molecular weight is 416 g/mol. The fourth-order valence-electron chi connectivity index (χ4n) is 3.48. The Kier molecular flexibility index (Phi) is 8.30. The van der Waals surface area contributed by atoms with Crippen LogP contribution in [-0.2, 0) is 38.5 Å². The molecule has 162 valence electrons. The molecular weight excluding hydrogens is 382 g/mol. The summed E-state index contributed by atoms with van der Waals surface area (Å²) in [5.41, 5.74) is 11.9. The molecule has 3 heterocycles. The monoisotopic (exact) mass is 415 g/mol. The van der Waals surface area contributed by atoms with Crippen LogP contribution in [0.15, 0.2) is 66.3 Å². The van der Waals surface area contributed by atoms with Gasteiger partial charge >= 0.3 is 0 Å². The first kappa shape index (κ1) is 22.6. The second-order valence-electron chi connectivity index (χ2n) is 7.79. The van der Waals surface area contributed by atoms with E-state index in [0.717, 1.165) is 42.0 Å². The lowest BCUT2D eigenvalue weighted by Gasteiger charge is -2.16. The van der Waals surface area contributed by atoms with Gasteiger partial charge in [-0.05, 0) is 59.7 Å². The highest BCUT2D eigenvalue weighted by Gasteiger charge is 2.12. The van der Waals surface area contributed by atoms with E-state index in [1.165, 1.54) is 22.3 Å². The standard InChI is InChI=1S/C26H33N5/c1-4-19-7-10-23(28-16-19)13-22(14-24-11-8-20(5-2)17-29-24)26(31-27)15-25-12-9-21(6-3)18-30-25/h7-12,16-18,31H,4-6,13-15,27H2,1-3H3. The Labute approximate surface area is 185 Å². The third-order valence-corrected chi connectivity index (χ3v) is 5.63. The van der Waals surface area contributed by atoms with Crippen molar-refractivity contribution in [1.29, 1.82) is 0 Å². The van der Waals surface area contributed by atoms with Crippen LogP contribution >= 0.6 is 0 Å². The van der Waals surface area contributed by atoms with Crippen molar-refractivity contribution in [2.45, 2.75) is 59.3 Å². The van der Waals surface area contributed by atoms with Crippen LogP contribution in [0.1, 0.15) is 54.5 Å². The number of nitrogens with two attached hydrogens (primary N) is 1. The molecule has 5 nitrogen and oxygen atoms in total. The molecule has 5 heteroatoms. The first-order chi connectivity index (χ1) is 15.1. The number of nitrogens with zero attached hydrogens (tertiary/aromatic N) is 3. The third-order valence-electron chi connectivity index (χ3n) is 5.63. The molecule has 3 aromatic rings. The molecule has 0 unspecified atom stereocenters. The Morgan fingerprint density at radius 2 is 1.03 bits per heavy atom. The first-order valence-electron chi connectivity index (χ1n) is 11.1. The van der Waals surface area contributed by atoms with E-state index in [2.05, 4.69) is 77.5 Å². The third kappa shape index (κ3) is 6.46. The maximum absolute atomic E-state index is 6.00. The van der Waals surface area contributed by atoms with Crippen LogP contribution in [0, 0.1) is 0 Å². The van der Waals surface area contributed by atoms with Crippen molar-refractivity contribution >= 4 is 0 Å². The number of pyridine rings is 3. The minimum atomic E-state index is 0.649. The Morgan fingerprint density at radius 3 is 1.32 bits per heavy atom. The number of hydrazine groups is 1. The molecule has 3 N–H and O–H groups in total. The first-order valence-corrected chi connectivity index (χ1v) is 11.1. The molecule has 0 fully saturated rings. The number of rotatable bonds is 10. The predicted octanol–water partition coefficient (Wildman–Crippen LogP) is 4.30. The number of hydrogen-bond donors (Lipinski definition) is 2. The van der Waals surface area contributed by atoms with E-state index in [1.807, 2.05) is 18.6 Å². The van der Waals surface area contributed by atoms with Crippen molar-refractivity contribution in [1.82, 2.24) is 20.4 Å². The average Bonchev–Trinajstić information content (AvgIpc) is 2.83. The van der Waals surface area contributed by atoms with Gasteiger partial charge in [-0.2, -0.15) is 0 Å². The van der Waals surface area contributed by atoms with Crippen molar-refractivity contribution in [2.24, 2.45) is 5.84 Å². The molecule has 0 amide bonds. The molecule has 0 saturated heterocycles. The fourth-order valence-corrected chi connectivity index (χ4v) is 3.48. The van der Waals surface area contributed by atoms with E-state index in [1.54, 1.807) is 0 Å². The zero-order valence-corrected chi connectivity index (χ0v) is 18.9. The summed E-state index contributed by atoms with van der Waals surface area (Å²) < 4.78 is 0. The van der Waals surface area contributed by atoms with Crippen LogP contribution in [0.3, 0.4) is 0 Å². The predicted molar refractivity (Wildman–Crippen MR) is 126 cm³/mol. The van der Waals surface area contributed by atoms with E-state index in [9.17, 15) is 0 Å². The zero-order chi connectivity index (χ0) is 22.1. The Hall–Kier alpha value is -3.05. The highest BCUT2D eigenvalue weighted by Crippen LogP contribution is 2.18. The number of allylic oxidation sites excluding steroid dienone is 2. The van der Waals surface area contributed by atoms with E-state index in [-0.39, 0.29) is 0 Å². The molecule has 3 aromatic heterocycles. The summed E-state index contributed by atoms with van der Waals surface area (Å²) >= 11 is 0. The normalized spacial score (nSPS) is 10.7. The van der Waals surface area contributed by atoms with E-state index >= 15 is 0 Å². The zero-order valence-electron chi connectivity index (χ0n) is 18.9. The number of nitrogens with one attached hydrogen (secondary N) is 1. The minimum Gasteiger partial charge on any atom is -0.328 e. The van der Waals surface area contributed by atoms with Crippen LogP contribution < -0.4 is 11.3 Å². The summed E-state index contributed by atoms with van der Waals surface area (Å²) in [4.78, 5) is 14.0. The molecule has 0 radical (unpaired) electrons. The topological polar surface area (TPSA) is 76.7 Å². The van der Waals surface area contributed by atoms with Crippen LogP contribution in [0.4, 0.5) is 0 Å². The van der Waals surface area contributed by atoms with Gasteiger partial charge in [0.05, 0.1) is 0 Å². The van der Waals surface area contributed by atoms with Crippen LogP contribution in [0.5, 0.6) is 0 Å². The largest absolute Gasteiger partial charge is 0.328 e. The van der Waals surface area contributed by atoms with Gasteiger partial charge in [-0.3, -0.25) is 20.8 Å². The van der Waals surface area contributed by atoms with E-state index in [4.69, 9.17) is 5.84 Å². The molecule has 0 aliphatic rings. The molecule has 0 saturated carbocycles. The van der Waals surface area contributed by atoms with Crippen LogP contribution in [0.2, 0.25) is 0 Å². The number of aryl methyl sites for hydroxylation is 3. The van der Waals surface area contributed by atoms with Gasteiger partial charge in [0.2, 0.25) is 0 Å². The van der Waals surface area contributed by atoms with Crippen molar-refractivity contribution in [3.63, 3.8) is 0 Å². The summed E-state index contributed by atoms with van der Waals surface area (Å²) in [6.45, 7) is 6.41. The lowest BCUT2D eigenvalue weighted by Crippen LogP contribution is -2.26. The summed E-state index contributed by atoms with van der Waals surface area (Å²) in [6.07, 6.45) is 10.9. The molecule has 0 atom stereocenters. The maximum atomic E-state index is 6.00. The Morgan fingerprint density at radius 1 is 0.645 bits per heavy atom. The van der Waals surface area contributed by atoms with Crippen molar-refractivity contribution < 1.29 is 0 Å². The lowest BCUT2D eigenvalue weighted by atomic mass is 9.98. The highest BCUT2D eigenvalue weighted by atomic mass is 15.2. The molecule has 31 heavy (non-hydrogen) atoms. The molecule has 3 rings (SSSR count). The Bertz CT molecular complexity index is 922.